The van der Waals surface area contributed by atoms with Crippen molar-refractivity contribution in [3.63, 3.8) is 0 Å². The van der Waals surface area contributed by atoms with Gasteiger partial charge in [0, 0.05) is 17.5 Å². The fraction of sp³-hybridized carbons (Fsp3) is 0.367. The average molecular weight is 528 g/mol. The minimum atomic E-state index is -0.886. The van der Waals surface area contributed by atoms with Gasteiger partial charge in [0.25, 0.3) is 0 Å². The van der Waals surface area contributed by atoms with Crippen LogP contribution in [-0.4, -0.2) is 30.8 Å². The fourth-order valence-electron chi connectivity index (χ4n) is 5.25. The Kier molecular flexibility index (Phi) is 9.57. The lowest BCUT2D eigenvalue weighted by molar-refractivity contribution is 0.0695. The number of carboxylic acid groups (broad SMARTS) is 1. The molecule has 198 valence electrons. The molecule has 3 atom stereocenters. The van der Waals surface area contributed by atoms with E-state index < -0.39 is 5.97 Å². The number of hydrogen-bond donors (Lipinski definition) is 2. The number of carbonyl (C=O) groups is 1. The zero-order valence-electron chi connectivity index (χ0n) is 21.7. The van der Waals surface area contributed by atoms with E-state index in [4.69, 9.17) is 9.47 Å². The van der Waals surface area contributed by atoms with Crippen LogP contribution in [0.1, 0.15) is 76.3 Å². The molecule has 0 aliphatic carbocycles. The standard InChI is InChI=1S/C30H34FNO4.ClH/c1-18-11-13-23(19(2)29(18)30(33)34)25-17-22(36-27-10-6-5-9-24(25)27)8-7-15-32-20(3)21-12-14-26(31)28(16-21)35-4;/h5-6,9-14,16,20,22,25,32H,7-8,15,17H2,1-4H3,(H,33,34);1H/t20-,22-,25+;/m1./s1. The molecule has 0 bridgehead atoms. The number of halogens is 2. The van der Waals surface area contributed by atoms with Crippen LogP contribution in [0, 0.1) is 19.7 Å². The van der Waals surface area contributed by atoms with E-state index in [1.165, 1.54) is 13.2 Å². The number of ether oxygens (including phenoxy) is 2. The van der Waals surface area contributed by atoms with Crippen LogP contribution in [0.3, 0.4) is 0 Å². The third-order valence-corrected chi connectivity index (χ3v) is 7.22. The van der Waals surface area contributed by atoms with Crippen molar-refractivity contribution >= 4 is 18.4 Å². The lowest BCUT2D eigenvalue weighted by Gasteiger charge is -2.34. The van der Waals surface area contributed by atoms with Gasteiger partial charge in [-0.3, -0.25) is 0 Å². The molecule has 0 fully saturated rings. The molecule has 0 radical (unpaired) electrons. The smallest absolute Gasteiger partial charge is 0.336 e. The van der Waals surface area contributed by atoms with Gasteiger partial charge in [0.1, 0.15) is 5.75 Å². The third kappa shape index (κ3) is 6.25. The van der Waals surface area contributed by atoms with Crippen LogP contribution in [0.25, 0.3) is 0 Å². The van der Waals surface area contributed by atoms with Crippen molar-refractivity contribution in [3.8, 4) is 11.5 Å². The Labute approximate surface area is 224 Å². The van der Waals surface area contributed by atoms with Crippen LogP contribution < -0.4 is 14.8 Å². The highest BCUT2D eigenvalue weighted by Gasteiger charge is 2.31. The summed E-state index contributed by atoms with van der Waals surface area (Å²) in [7, 11) is 1.47. The summed E-state index contributed by atoms with van der Waals surface area (Å²) in [5.74, 6) is -0.0498. The Balaban J connectivity index is 0.00000380. The molecule has 3 aromatic carbocycles. The quantitative estimate of drug-likeness (QED) is 0.294. The molecule has 0 amide bonds. The van der Waals surface area contributed by atoms with E-state index in [-0.39, 0.29) is 42.0 Å². The first-order valence-corrected chi connectivity index (χ1v) is 12.5. The number of aromatic carboxylic acids is 1. The second-order valence-electron chi connectivity index (χ2n) is 9.55. The van der Waals surface area contributed by atoms with Crippen LogP contribution in [0.4, 0.5) is 4.39 Å². The summed E-state index contributed by atoms with van der Waals surface area (Å²) in [6.45, 7) is 6.60. The molecular formula is C30H35ClFNO4. The molecule has 5 nitrogen and oxygen atoms in total. The highest BCUT2D eigenvalue weighted by molar-refractivity contribution is 5.91. The van der Waals surface area contributed by atoms with E-state index in [9.17, 15) is 14.3 Å². The van der Waals surface area contributed by atoms with Crippen molar-refractivity contribution in [1.82, 2.24) is 5.32 Å². The van der Waals surface area contributed by atoms with Crippen molar-refractivity contribution in [3.05, 3.63) is 93.8 Å². The van der Waals surface area contributed by atoms with E-state index in [0.717, 1.165) is 59.4 Å². The molecule has 0 saturated carbocycles. The minimum Gasteiger partial charge on any atom is -0.494 e. The van der Waals surface area contributed by atoms with Gasteiger partial charge < -0.3 is 19.9 Å². The van der Waals surface area contributed by atoms with E-state index >= 15 is 0 Å². The van der Waals surface area contributed by atoms with Crippen molar-refractivity contribution in [2.75, 3.05) is 13.7 Å². The second kappa shape index (κ2) is 12.4. The van der Waals surface area contributed by atoms with Crippen molar-refractivity contribution in [2.45, 2.75) is 58.1 Å². The highest BCUT2D eigenvalue weighted by atomic mass is 35.5. The van der Waals surface area contributed by atoms with Gasteiger partial charge in [0.15, 0.2) is 11.6 Å². The van der Waals surface area contributed by atoms with Gasteiger partial charge in [-0.2, -0.15) is 0 Å². The Morgan fingerprint density at radius 2 is 1.92 bits per heavy atom. The minimum absolute atomic E-state index is 0. The summed E-state index contributed by atoms with van der Waals surface area (Å²) in [4.78, 5) is 11.9. The fourth-order valence-corrected chi connectivity index (χ4v) is 5.25. The number of methoxy groups -OCH3 is 1. The molecule has 0 spiro atoms. The van der Waals surface area contributed by atoms with Crippen LogP contribution >= 0.6 is 12.4 Å². The maximum Gasteiger partial charge on any atom is 0.336 e. The molecule has 0 unspecified atom stereocenters. The van der Waals surface area contributed by atoms with Crippen LogP contribution in [0.2, 0.25) is 0 Å². The van der Waals surface area contributed by atoms with E-state index in [0.29, 0.717) is 5.56 Å². The number of para-hydroxylation sites is 1. The van der Waals surface area contributed by atoms with Crippen molar-refractivity contribution < 1.29 is 23.8 Å². The SMILES string of the molecule is COc1cc([C@@H](C)NCCC[C@@H]2C[C@@H](c3ccc(C)c(C(=O)O)c3C)c3ccccc3O2)ccc1F.Cl. The number of rotatable bonds is 9. The maximum atomic E-state index is 13.7. The molecule has 7 heteroatoms. The zero-order chi connectivity index (χ0) is 25.8. The predicted octanol–water partition coefficient (Wildman–Crippen LogP) is 6.99. The Morgan fingerprint density at radius 1 is 1.16 bits per heavy atom. The van der Waals surface area contributed by atoms with Gasteiger partial charge in [-0.25, -0.2) is 9.18 Å². The summed E-state index contributed by atoms with van der Waals surface area (Å²) in [6.07, 6.45) is 2.61. The number of fused-ring (bicyclic) bond motifs is 1. The summed E-state index contributed by atoms with van der Waals surface area (Å²) in [5, 5.41) is 13.3. The lowest BCUT2D eigenvalue weighted by Crippen LogP contribution is -2.28. The third-order valence-electron chi connectivity index (χ3n) is 7.22. The molecule has 1 heterocycles. The maximum absolute atomic E-state index is 13.7. The number of benzene rings is 3. The topological polar surface area (TPSA) is 67.8 Å². The van der Waals surface area contributed by atoms with Crippen LogP contribution in [0.5, 0.6) is 11.5 Å². The normalized spacial score (nSPS) is 17.2. The monoisotopic (exact) mass is 527 g/mol. The number of carboxylic acids is 1. The van der Waals surface area contributed by atoms with Crippen LogP contribution in [-0.2, 0) is 0 Å². The van der Waals surface area contributed by atoms with E-state index in [1.807, 2.05) is 38.1 Å². The van der Waals surface area contributed by atoms with E-state index in [1.54, 1.807) is 12.1 Å². The van der Waals surface area contributed by atoms with Crippen molar-refractivity contribution in [2.24, 2.45) is 0 Å². The number of hydrogen-bond acceptors (Lipinski definition) is 4. The molecule has 3 aromatic rings. The molecule has 2 N–H and O–H groups in total. The Bertz CT molecular complexity index is 1250. The zero-order valence-corrected chi connectivity index (χ0v) is 22.5. The molecule has 1 aliphatic heterocycles. The lowest BCUT2D eigenvalue weighted by atomic mass is 9.80. The molecule has 37 heavy (non-hydrogen) atoms. The van der Waals surface area contributed by atoms with Gasteiger partial charge in [-0.1, -0.05) is 36.4 Å². The first-order chi connectivity index (χ1) is 17.3. The molecule has 0 saturated heterocycles. The highest BCUT2D eigenvalue weighted by Crippen LogP contribution is 2.43. The summed E-state index contributed by atoms with van der Waals surface area (Å²) in [5.41, 5.74) is 5.13. The average Bonchev–Trinajstić information content (AvgIpc) is 2.86. The van der Waals surface area contributed by atoms with Crippen molar-refractivity contribution in [1.29, 1.82) is 0 Å². The molecule has 1 aliphatic rings. The number of nitrogens with one attached hydrogen (secondary N) is 1. The van der Waals surface area contributed by atoms with Gasteiger partial charge in [0.05, 0.1) is 18.8 Å². The molecular weight excluding hydrogens is 493 g/mol. The molecule has 0 aromatic heterocycles. The van der Waals surface area contributed by atoms with Gasteiger partial charge >= 0.3 is 5.97 Å². The van der Waals surface area contributed by atoms with Gasteiger partial charge in [0.2, 0.25) is 0 Å². The van der Waals surface area contributed by atoms with Gasteiger partial charge in [-0.05, 0) is 87.0 Å². The first-order valence-electron chi connectivity index (χ1n) is 12.5. The van der Waals surface area contributed by atoms with Gasteiger partial charge in [-0.15, -0.1) is 12.4 Å². The largest absolute Gasteiger partial charge is 0.494 e. The summed E-state index contributed by atoms with van der Waals surface area (Å²) >= 11 is 0. The van der Waals surface area contributed by atoms with E-state index in [2.05, 4.69) is 24.4 Å². The summed E-state index contributed by atoms with van der Waals surface area (Å²) in [6, 6.07) is 17.0. The Morgan fingerprint density at radius 3 is 2.65 bits per heavy atom. The Hall–Kier alpha value is -3.09. The number of aryl methyl sites for hydroxylation is 1. The predicted molar refractivity (Wildman–Crippen MR) is 146 cm³/mol. The van der Waals surface area contributed by atoms with Crippen LogP contribution in [0.15, 0.2) is 54.6 Å². The summed E-state index contributed by atoms with van der Waals surface area (Å²) < 4.78 is 25.2. The molecule has 4 rings (SSSR count). The second-order valence-corrected chi connectivity index (χ2v) is 9.55. The first kappa shape index (κ1) is 28.5.